The van der Waals surface area contributed by atoms with Crippen molar-refractivity contribution in [2.24, 2.45) is 5.14 Å². The summed E-state index contributed by atoms with van der Waals surface area (Å²) in [7, 11) is -2.34. The van der Waals surface area contributed by atoms with Gasteiger partial charge in [0, 0.05) is 12.2 Å². The number of anilines is 1. The molecule has 0 amide bonds. The van der Waals surface area contributed by atoms with E-state index in [2.05, 4.69) is 15.4 Å². The minimum Gasteiger partial charge on any atom is -0.465 e. The maximum Gasteiger partial charge on any atom is 0.337 e. The third kappa shape index (κ3) is 5.80. The second-order valence-corrected chi connectivity index (χ2v) is 7.36. The van der Waals surface area contributed by atoms with E-state index in [4.69, 9.17) is 17.4 Å². The lowest BCUT2D eigenvalue weighted by atomic mass is 10.1. The van der Waals surface area contributed by atoms with Crippen LogP contribution in [0, 0.1) is 0 Å². The van der Waals surface area contributed by atoms with Crippen LogP contribution in [0.5, 0.6) is 0 Å². The summed E-state index contributed by atoms with van der Waals surface area (Å²) in [5.41, 5.74) is 2.16. The lowest BCUT2D eigenvalue weighted by Crippen LogP contribution is -2.30. The Hall–Kier alpha value is -2.49. The molecular formula is C17H19N3O4S2. The van der Waals surface area contributed by atoms with Gasteiger partial charge in [0.15, 0.2) is 5.11 Å². The molecule has 0 atom stereocenters. The lowest BCUT2D eigenvalue weighted by molar-refractivity contribution is 0.0601. The monoisotopic (exact) mass is 393 g/mol. The zero-order valence-corrected chi connectivity index (χ0v) is 15.7. The van der Waals surface area contributed by atoms with E-state index in [1.807, 2.05) is 0 Å². The molecule has 4 N–H and O–H groups in total. The number of benzene rings is 2. The Labute approximate surface area is 157 Å². The number of sulfonamides is 1. The summed E-state index contributed by atoms with van der Waals surface area (Å²) in [6.45, 7) is 0.570. The minimum absolute atomic E-state index is 0.0850. The number of carbonyl (C=O) groups is 1. The Morgan fingerprint density at radius 2 is 1.73 bits per heavy atom. The van der Waals surface area contributed by atoms with Crippen LogP contribution >= 0.6 is 12.2 Å². The second kappa shape index (κ2) is 8.75. The predicted octanol–water partition coefficient (Wildman–Crippen LogP) is 1.65. The average molecular weight is 393 g/mol. The number of ether oxygens (including phenoxy) is 1. The van der Waals surface area contributed by atoms with Crippen LogP contribution in [0.15, 0.2) is 53.4 Å². The van der Waals surface area contributed by atoms with Crippen molar-refractivity contribution >= 4 is 39.0 Å². The molecule has 9 heteroatoms. The van der Waals surface area contributed by atoms with E-state index in [1.165, 1.54) is 19.2 Å². The number of methoxy groups -OCH3 is 1. The van der Waals surface area contributed by atoms with E-state index in [-0.39, 0.29) is 4.90 Å². The Morgan fingerprint density at radius 1 is 1.12 bits per heavy atom. The highest BCUT2D eigenvalue weighted by Crippen LogP contribution is 2.11. The standard InChI is InChI=1S/C17H19N3O4S2/c1-24-16(21)13-4-6-14(7-5-13)20-17(25)19-11-10-12-2-8-15(9-3-12)26(18,22)23/h2-9H,10-11H2,1H3,(H2,18,22,23)(H2,19,20,25). The summed E-state index contributed by atoms with van der Waals surface area (Å²) < 4.78 is 27.1. The Morgan fingerprint density at radius 3 is 2.27 bits per heavy atom. The van der Waals surface area contributed by atoms with Gasteiger partial charge in [-0.05, 0) is 60.6 Å². The first-order chi connectivity index (χ1) is 12.3. The molecule has 0 aliphatic carbocycles. The molecule has 0 saturated carbocycles. The first-order valence-corrected chi connectivity index (χ1v) is 9.60. The SMILES string of the molecule is COC(=O)c1ccc(NC(=S)NCCc2ccc(S(N)(=O)=O)cc2)cc1. The fourth-order valence-electron chi connectivity index (χ4n) is 2.15. The molecule has 0 bridgehead atoms. The van der Waals surface area contributed by atoms with Crippen LogP contribution in [-0.4, -0.2) is 33.2 Å². The molecule has 2 aromatic rings. The van der Waals surface area contributed by atoms with Gasteiger partial charge in [-0.15, -0.1) is 0 Å². The molecule has 2 aromatic carbocycles. The Bertz CT molecular complexity index is 879. The van der Waals surface area contributed by atoms with Crippen LogP contribution in [0.1, 0.15) is 15.9 Å². The lowest BCUT2D eigenvalue weighted by Gasteiger charge is -2.11. The largest absolute Gasteiger partial charge is 0.465 e. The van der Waals surface area contributed by atoms with Gasteiger partial charge in [0.05, 0.1) is 17.6 Å². The number of thiocarbonyl (C=S) groups is 1. The molecule has 0 heterocycles. The minimum atomic E-state index is -3.67. The molecule has 0 radical (unpaired) electrons. The highest BCUT2D eigenvalue weighted by atomic mass is 32.2. The molecule has 0 spiro atoms. The molecule has 0 aromatic heterocycles. The van der Waals surface area contributed by atoms with Gasteiger partial charge in [0.1, 0.15) is 0 Å². The number of hydrogen-bond donors (Lipinski definition) is 3. The maximum atomic E-state index is 11.4. The molecule has 7 nitrogen and oxygen atoms in total. The number of primary sulfonamides is 1. The van der Waals surface area contributed by atoms with E-state index in [0.29, 0.717) is 23.6 Å². The van der Waals surface area contributed by atoms with E-state index < -0.39 is 16.0 Å². The van der Waals surface area contributed by atoms with Gasteiger partial charge in [-0.3, -0.25) is 0 Å². The van der Waals surface area contributed by atoms with E-state index in [9.17, 15) is 13.2 Å². The van der Waals surface area contributed by atoms with E-state index in [1.54, 1.807) is 36.4 Å². The molecule has 0 fully saturated rings. The Kier molecular flexibility index (Phi) is 6.67. The van der Waals surface area contributed by atoms with Crippen molar-refractivity contribution in [3.8, 4) is 0 Å². The highest BCUT2D eigenvalue weighted by Gasteiger charge is 2.07. The van der Waals surface area contributed by atoms with Crippen molar-refractivity contribution < 1.29 is 17.9 Å². The summed E-state index contributed by atoms with van der Waals surface area (Å²) in [6, 6.07) is 13.1. The topological polar surface area (TPSA) is 111 Å². The summed E-state index contributed by atoms with van der Waals surface area (Å²) in [5.74, 6) is -0.397. The molecule has 0 saturated heterocycles. The van der Waals surface area contributed by atoms with Crippen molar-refractivity contribution in [2.75, 3.05) is 19.0 Å². The van der Waals surface area contributed by atoms with Crippen LogP contribution in [0.2, 0.25) is 0 Å². The van der Waals surface area contributed by atoms with Crippen molar-refractivity contribution in [3.63, 3.8) is 0 Å². The second-order valence-electron chi connectivity index (χ2n) is 5.39. The summed E-state index contributed by atoms with van der Waals surface area (Å²) in [5, 5.41) is 11.6. The van der Waals surface area contributed by atoms with Gasteiger partial charge in [0.2, 0.25) is 10.0 Å². The number of nitrogens with one attached hydrogen (secondary N) is 2. The zero-order valence-electron chi connectivity index (χ0n) is 14.1. The van der Waals surface area contributed by atoms with Crippen molar-refractivity contribution in [2.45, 2.75) is 11.3 Å². The molecule has 26 heavy (non-hydrogen) atoms. The first-order valence-electron chi connectivity index (χ1n) is 7.64. The number of nitrogens with two attached hydrogens (primary N) is 1. The third-order valence-corrected chi connectivity index (χ3v) is 4.69. The highest BCUT2D eigenvalue weighted by molar-refractivity contribution is 7.89. The smallest absolute Gasteiger partial charge is 0.337 e. The Balaban J connectivity index is 1.81. The molecule has 0 unspecified atom stereocenters. The predicted molar refractivity (Wildman–Crippen MR) is 104 cm³/mol. The summed E-state index contributed by atoms with van der Waals surface area (Å²) in [6.07, 6.45) is 0.661. The fraction of sp³-hybridized carbons (Fsp3) is 0.176. The molecule has 138 valence electrons. The van der Waals surface area contributed by atoms with Crippen molar-refractivity contribution in [1.29, 1.82) is 0 Å². The van der Waals surface area contributed by atoms with Gasteiger partial charge >= 0.3 is 5.97 Å². The first kappa shape index (κ1) is 19.8. The number of rotatable bonds is 6. The molecule has 2 rings (SSSR count). The van der Waals surface area contributed by atoms with Crippen LogP contribution in [0.3, 0.4) is 0 Å². The number of carbonyl (C=O) groups excluding carboxylic acids is 1. The molecule has 0 aliphatic rings. The van der Waals surface area contributed by atoms with Crippen LogP contribution in [0.25, 0.3) is 0 Å². The third-order valence-electron chi connectivity index (χ3n) is 3.51. The van der Waals surface area contributed by atoms with Gasteiger partial charge in [-0.25, -0.2) is 18.4 Å². The van der Waals surface area contributed by atoms with Crippen molar-refractivity contribution in [3.05, 3.63) is 59.7 Å². The maximum absolute atomic E-state index is 11.4. The van der Waals surface area contributed by atoms with Gasteiger partial charge < -0.3 is 15.4 Å². The zero-order chi connectivity index (χ0) is 19.2. The number of esters is 1. The van der Waals surface area contributed by atoms with Crippen molar-refractivity contribution in [1.82, 2.24) is 5.32 Å². The quantitative estimate of drug-likeness (QED) is 0.505. The van der Waals surface area contributed by atoms with Gasteiger partial charge in [-0.1, -0.05) is 12.1 Å². The van der Waals surface area contributed by atoms with Gasteiger partial charge in [0.25, 0.3) is 0 Å². The van der Waals surface area contributed by atoms with E-state index >= 15 is 0 Å². The fourth-order valence-corrected chi connectivity index (χ4v) is 2.88. The van der Waals surface area contributed by atoms with Gasteiger partial charge in [-0.2, -0.15) is 0 Å². The van der Waals surface area contributed by atoms with Crippen LogP contribution < -0.4 is 15.8 Å². The summed E-state index contributed by atoms with van der Waals surface area (Å²) in [4.78, 5) is 11.5. The molecule has 0 aliphatic heterocycles. The van der Waals surface area contributed by atoms with Crippen LogP contribution in [-0.2, 0) is 21.2 Å². The molecular weight excluding hydrogens is 374 g/mol. The number of hydrogen-bond acceptors (Lipinski definition) is 5. The average Bonchev–Trinajstić information content (AvgIpc) is 2.61. The van der Waals surface area contributed by atoms with Crippen LogP contribution in [0.4, 0.5) is 5.69 Å². The van der Waals surface area contributed by atoms with E-state index in [0.717, 1.165) is 11.3 Å². The normalized spacial score (nSPS) is 10.8. The summed E-state index contributed by atoms with van der Waals surface area (Å²) >= 11 is 5.22.